The Kier molecular flexibility index (Phi) is 6.95. The van der Waals surface area contributed by atoms with Crippen molar-refractivity contribution in [3.05, 3.63) is 35.7 Å². The molecule has 0 aliphatic carbocycles. The van der Waals surface area contributed by atoms with Gasteiger partial charge in [0.05, 0.1) is 36.6 Å². The number of rotatable bonds is 6. The van der Waals surface area contributed by atoms with Gasteiger partial charge in [0.25, 0.3) is 5.91 Å². The van der Waals surface area contributed by atoms with E-state index in [4.69, 9.17) is 9.47 Å². The summed E-state index contributed by atoms with van der Waals surface area (Å²) in [7, 11) is 3.17. The second kappa shape index (κ2) is 10.3. The minimum Gasteiger partial charge on any atom is -0.497 e. The van der Waals surface area contributed by atoms with Crippen LogP contribution in [0.2, 0.25) is 0 Å². The van der Waals surface area contributed by atoms with E-state index in [0.717, 1.165) is 47.5 Å². The fourth-order valence-corrected chi connectivity index (χ4v) is 5.85. The number of hydrogen-bond acceptors (Lipinski definition) is 8. The molecule has 2 amide bonds. The van der Waals surface area contributed by atoms with E-state index in [0.29, 0.717) is 48.7 Å². The van der Waals surface area contributed by atoms with Gasteiger partial charge in [-0.1, -0.05) is 0 Å². The lowest BCUT2D eigenvalue weighted by molar-refractivity contribution is -0.120. The number of amides is 2. The second-order valence-corrected chi connectivity index (χ2v) is 10.1. The molecule has 1 N–H and O–H groups in total. The summed E-state index contributed by atoms with van der Waals surface area (Å²) in [6, 6.07) is 5.34. The van der Waals surface area contributed by atoms with Gasteiger partial charge in [0, 0.05) is 62.2 Å². The molecule has 0 saturated carbocycles. The average Bonchev–Trinajstić information content (AvgIpc) is 3.58. The molecule has 2 aromatic heterocycles. The van der Waals surface area contributed by atoms with Crippen LogP contribution in [0.15, 0.2) is 24.4 Å². The Balaban J connectivity index is 1.35. The number of nitrogens with zero attached hydrogens (tertiary/aromatic N) is 4. The molecule has 2 saturated heterocycles. The average molecular weight is 510 g/mol. The number of pyridine rings is 1. The first-order chi connectivity index (χ1) is 17.5. The summed E-state index contributed by atoms with van der Waals surface area (Å²) in [6.07, 6.45) is 5.16. The fraction of sp³-hybridized carbons (Fsp3) is 0.462. The maximum atomic E-state index is 13.4. The van der Waals surface area contributed by atoms with Crippen LogP contribution in [-0.2, 0) is 4.79 Å². The third-order valence-electron chi connectivity index (χ3n) is 7.07. The number of hydrogen-bond donors (Lipinski definition) is 1. The van der Waals surface area contributed by atoms with Gasteiger partial charge in [0.2, 0.25) is 5.91 Å². The summed E-state index contributed by atoms with van der Waals surface area (Å²) >= 11 is 1.36. The van der Waals surface area contributed by atoms with Gasteiger partial charge >= 0.3 is 0 Å². The van der Waals surface area contributed by atoms with Gasteiger partial charge in [-0.15, -0.1) is 0 Å². The highest BCUT2D eigenvalue weighted by atomic mass is 32.1. The van der Waals surface area contributed by atoms with Gasteiger partial charge in [0.1, 0.15) is 16.3 Å². The molecule has 0 atom stereocenters. The lowest BCUT2D eigenvalue weighted by Gasteiger charge is -2.35. The summed E-state index contributed by atoms with van der Waals surface area (Å²) in [6.45, 7) is 4.89. The molecule has 2 fully saturated rings. The zero-order valence-electron chi connectivity index (χ0n) is 20.9. The molecule has 5 rings (SSSR count). The molecule has 4 heterocycles. The van der Waals surface area contributed by atoms with Crippen molar-refractivity contribution in [3.8, 4) is 11.5 Å². The van der Waals surface area contributed by atoms with E-state index in [1.807, 2.05) is 11.8 Å². The Morgan fingerprint density at radius 3 is 2.33 bits per heavy atom. The number of anilines is 2. The number of nitrogens with one attached hydrogen (secondary N) is 1. The molecule has 2 aliphatic heterocycles. The van der Waals surface area contributed by atoms with Crippen molar-refractivity contribution in [1.29, 1.82) is 0 Å². The number of piperidine rings is 1. The first-order valence-electron chi connectivity index (χ1n) is 12.3. The largest absolute Gasteiger partial charge is 0.497 e. The quantitative estimate of drug-likeness (QED) is 0.534. The van der Waals surface area contributed by atoms with E-state index in [1.54, 1.807) is 38.6 Å². The predicted octanol–water partition coefficient (Wildman–Crippen LogP) is 4.11. The zero-order chi connectivity index (χ0) is 25.2. The van der Waals surface area contributed by atoms with Crippen LogP contribution in [0.5, 0.6) is 11.5 Å². The zero-order valence-corrected chi connectivity index (χ0v) is 21.7. The summed E-state index contributed by atoms with van der Waals surface area (Å²) in [4.78, 5) is 36.1. The number of aromatic nitrogens is 2. The molecule has 36 heavy (non-hydrogen) atoms. The number of ether oxygens (including phenoxy) is 2. The van der Waals surface area contributed by atoms with E-state index in [1.165, 1.54) is 11.5 Å². The fourth-order valence-electron chi connectivity index (χ4n) is 5.10. The highest BCUT2D eigenvalue weighted by Gasteiger charge is 2.31. The summed E-state index contributed by atoms with van der Waals surface area (Å²) < 4.78 is 15.1. The Morgan fingerprint density at radius 2 is 1.69 bits per heavy atom. The van der Waals surface area contributed by atoms with E-state index < -0.39 is 0 Å². The first kappa shape index (κ1) is 24.3. The molecule has 9 nitrogen and oxygen atoms in total. The number of likely N-dealkylation sites (tertiary alicyclic amines) is 1. The Labute approximate surface area is 214 Å². The van der Waals surface area contributed by atoms with Crippen molar-refractivity contribution in [1.82, 2.24) is 14.3 Å². The molecule has 0 bridgehead atoms. The smallest absolute Gasteiger partial charge is 0.257 e. The van der Waals surface area contributed by atoms with Crippen molar-refractivity contribution < 1.29 is 19.1 Å². The molecule has 190 valence electrons. The molecular formula is C26H31N5O4S. The maximum Gasteiger partial charge on any atom is 0.257 e. The first-order valence-corrected chi connectivity index (χ1v) is 13.1. The minimum atomic E-state index is -0.129. The predicted molar refractivity (Wildman–Crippen MR) is 140 cm³/mol. The number of benzene rings is 1. The van der Waals surface area contributed by atoms with Gasteiger partial charge in [-0.2, -0.15) is 4.37 Å². The monoisotopic (exact) mass is 509 g/mol. The SMILES string of the molecule is COc1cc(NC(=O)C2CCN(c3c(C(=O)N4CCCC4)cnc4snc(C)c34)CC2)cc(OC)c1. The molecule has 10 heteroatoms. The van der Waals surface area contributed by atoms with E-state index >= 15 is 0 Å². The Bertz CT molecular complexity index is 1260. The highest BCUT2D eigenvalue weighted by molar-refractivity contribution is 7.13. The summed E-state index contributed by atoms with van der Waals surface area (Å²) in [5.74, 6) is 1.13. The number of aryl methyl sites for hydroxylation is 1. The van der Waals surface area contributed by atoms with Crippen molar-refractivity contribution in [2.45, 2.75) is 32.6 Å². The van der Waals surface area contributed by atoms with E-state index in [-0.39, 0.29) is 17.7 Å². The van der Waals surface area contributed by atoms with Crippen LogP contribution in [0.4, 0.5) is 11.4 Å². The number of carbonyl (C=O) groups is 2. The van der Waals surface area contributed by atoms with Crippen LogP contribution in [-0.4, -0.2) is 66.5 Å². The topological polar surface area (TPSA) is 96.9 Å². The summed E-state index contributed by atoms with van der Waals surface area (Å²) in [5.41, 5.74) is 3.09. The third-order valence-corrected chi connectivity index (χ3v) is 7.92. The van der Waals surface area contributed by atoms with Crippen LogP contribution < -0.4 is 19.7 Å². The minimum absolute atomic E-state index is 0.0217. The summed E-state index contributed by atoms with van der Waals surface area (Å²) in [5, 5.41) is 3.98. The molecule has 0 spiro atoms. The molecule has 1 aromatic carbocycles. The van der Waals surface area contributed by atoms with Crippen molar-refractivity contribution in [3.63, 3.8) is 0 Å². The standard InChI is InChI=1S/C26H31N5O4S/c1-16-22-23(21(15-27-25(22)36-29-16)26(33)31-8-4-5-9-31)30-10-6-17(7-11-30)24(32)28-18-12-19(34-2)14-20(13-18)35-3/h12-15,17H,4-11H2,1-3H3,(H,28,32). The number of methoxy groups -OCH3 is 2. The Hall–Kier alpha value is -3.40. The Morgan fingerprint density at radius 1 is 1.03 bits per heavy atom. The van der Waals surface area contributed by atoms with Crippen molar-refractivity contribution >= 4 is 44.9 Å². The van der Waals surface area contributed by atoms with Crippen LogP contribution in [0.25, 0.3) is 10.2 Å². The van der Waals surface area contributed by atoms with Gasteiger partial charge in [-0.05, 0) is 44.1 Å². The highest BCUT2D eigenvalue weighted by Crippen LogP contribution is 2.37. The van der Waals surface area contributed by atoms with Crippen molar-refractivity contribution in [2.75, 3.05) is 50.6 Å². The number of carbonyl (C=O) groups excluding carboxylic acids is 2. The molecular weight excluding hydrogens is 478 g/mol. The molecule has 3 aromatic rings. The van der Waals surface area contributed by atoms with Gasteiger partial charge in [0.15, 0.2) is 0 Å². The molecule has 0 radical (unpaired) electrons. The normalized spacial score (nSPS) is 16.4. The van der Waals surface area contributed by atoms with Crippen LogP contribution in [0.3, 0.4) is 0 Å². The van der Waals surface area contributed by atoms with Crippen LogP contribution >= 0.6 is 11.5 Å². The number of fused-ring (bicyclic) bond motifs is 1. The van der Waals surface area contributed by atoms with Crippen molar-refractivity contribution in [2.24, 2.45) is 5.92 Å². The van der Waals surface area contributed by atoms with Crippen LogP contribution in [0, 0.1) is 12.8 Å². The molecule has 0 unspecified atom stereocenters. The van der Waals surface area contributed by atoms with Gasteiger partial charge < -0.3 is 24.6 Å². The van der Waals surface area contributed by atoms with Crippen LogP contribution in [0.1, 0.15) is 41.7 Å². The third kappa shape index (κ3) is 4.69. The lowest BCUT2D eigenvalue weighted by atomic mass is 9.94. The van der Waals surface area contributed by atoms with Gasteiger partial charge in [-0.25, -0.2) is 4.98 Å². The van der Waals surface area contributed by atoms with Gasteiger partial charge in [-0.3, -0.25) is 9.59 Å². The lowest BCUT2D eigenvalue weighted by Crippen LogP contribution is -2.39. The van der Waals surface area contributed by atoms with E-state index in [9.17, 15) is 9.59 Å². The second-order valence-electron chi connectivity index (χ2n) is 9.32. The van der Waals surface area contributed by atoms with E-state index in [2.05, 4.69) is 19.6 Å². The maximum absolute atomic E-state index is 13.4. The molecule has 2 aliphatic rings.